The Hall–Kier alpha value is -3.63. The molecule has 6 rings (SSSR count). The lowest BCUT2D eigenvalue weighted by molar-refractivity contribution is -0.138. The van der Waals surface area contributed by atoms with Crippen LogP contribution in [-0.4, -0.2) is 63.7 Å². The Kier molecular flexibility index (Phi) is 8.56. The molecule has 0 bridgehead atoms. The summed E-state index contributed by atoms with van der Waals surface area (Å²) in [4.78, 5) is 40.0. The molecule has 230 valence electrons. The maximum Gasteiger partial charge on any atom is 0.279 e. The van der Waals surface area contributed by atoms with Crippen molar-refractivity contribution in [1.82, 2.24) is 14.7 Å². The van der Waals surface area contributed by atoms with Crippen LogP contribution >= 0.6 is 0 Å². The molecule has 0 spiro atoms. The second-order valence-electron chi connectivity index (χ2n) is 12.9. The monoisotopic (exact) mass is 611 g/mol. The molecule has 1 aromatic heterocycles. The number of nitrogens with zero attached hydrogens (tertiary/aromatic N) is 3. The third kappa shape index (κ3) is 6.02. The van der Waals surface area contributed by atoms with E-state index in [9.17, 15) is 19.5 Å². The lowest BCUT2D eigenvalue weighted by Gasteiger charge is -2.37. The third-order valence-electron chi connectivity index (χ3n) is 9.55. The van der Waals surface area contributed by atoms with E-state index in [1.807, 2.05) is 79.8 Å². The van der Waals surface area contributed by atoms with Gasteiger partial charge < -0.3 is 19.5 Å². The molecule has 0 radical (unpaired) electrons. The van der Waals surface area contributed by atoms with E-state index in [0.29, 0.717) is 24.0 Å². The van der Waals surface area contributed by atoms with Gasteiger partial charge in [-0.05, 0) is 73.2 Å². The van der Waals surface area contributed by atoms with Crippen LogP contribution in [0.4, 0.5) is 0 Å². The molecule has 9 heteroatoms. The van der Waals surface area contributed by atoms with E-state index in [4.69, 9.17) is 4.74 Å². The molecule has 1 amide bonds. The topological polar surface area (TPSA) is 105 Å². The average molecular weight is 612 g/mol. The number of carbonyl (C=O) groups excluding carboxylic acids is 1. The largest absolute Gasteiger partial charge is 0.432 e. The maximum atomic E-state index is 13.7. The van der Waals surface area contributed by atoms with E-state index in [1.165, 1.54) is 10.2 Å². The highest BCUT2D eigenvalue weighted by atomic mass is 28.4. The summed E-state index contributed by atoms with van der Waals surface area (Å²) in [7, 11) is -2.67. The Morgan fingerprint density at radius 3 is 2.55 bits per heavy atom. The van der Waals surface area contributed by atoms with Gasteiger partial charge in [-0.3, -0.25) is 9.59 Å². The molecule has 3 aromatic carbocycles. The van der Waals surface area contributed by atoms with Crippen LogP contribution in [0.5, 0.6) is 0 Å². The maximum absolute atomic E-state index is 13.7. The van der Waals surface area contributed by atoms with Gasteiger partial charge in [0.1, 0.15) is 0 Å². The van der Waals surface area contributed by atoms with Gasteiger partial charge in [0, 0.05) is 17.5 Å². The fourth-order valence-corrected chi connectivity index (χ4v) is 9.97. The van der Waals surface area contributed by atoms with Crippen molar-refractivity contribution in [3.63, 3.8) is 0 Å². The predicted octanol–water partition coefficient (Wildman–Crippen LogP) is 4.63. The van der Waals surface area contributed by atoms with Crippen molar-refractivity contribution < 1.29 is 19.4 Å². The first-order chi connectivity index (χ1) is 21.1. The van der Waals surface area contributed by atoms with Crippen LogP contribution in [0.3, 0.4) is 0 Å². The van der Waals surface area contributed by atoms with Crippen LogP contribution in [-0.2, 0) is 28.9 Å². The molecule has 5 atom stereocenters. The van der Waals surface area contributed by atoms with E-state index in [1.54, 1.807) is 11.1 Å². The smallest absolute Gasteiger partial charge is 0.279 e. The molecule has 2 aliphatic rings. The van der Waals surface area contributed by atoms with E-state index in [2.05, 4.69) is 18.1 Å². The first kappa shape index (κ1) is 30.4. The summed E-state index contributed by atoms with van der Waals surface area (Å²) in [5.41, 5.74) is 3.82. The molecule has 0 saturated carbocycles. The first-order valence-corrected chi connectivity index (χ1v) is 18.6. The number of ether oxygens (including phenoxy) is 1. The predicted molar refractivity (Wildman–Crippen MR) is 173 cm³/mol. The van der Waals surface area contributed by atoms with Crippen molar-refractivity contribution in [3.05, 3.63) is 106 Å². The molecule has 8 nitrogen and oxygen atoms in total. The third-order valence-corrected chi connectivity index (χ3v) is 12.1. The Bertz CT molecular complexity index is 1720. The molecule has 1 saturated heterocycles. The number of aromatic nitrogens is 2. The van der Waals surface area contributed by atoms with Gasteiger partial charge >= 0.3 is 0 Å². The van der Waals surface area contributed by atoms with Gasteiger partial charge in [-0.1, -0.05) is 61.5 Å². The number of amides is 1. The van der Waals surface area contributed by atoms with Crippen molar-refractivity contribution >= 4 is 25.0 Å². The summed E-state index contributed by atoms with van der Waals surface area (Å²) in [5, 5.41) is 16.0. The van der Waals surface area contributed by atoms with Gasteiger partial charge in [0.05, 0.1) is 48.5 Å². The van der Waals surface area contributed by atoms with Crippen molar-refractivity contribution in [1.29, 1.82) is 0 Å². The summed E-state index contributed by atoms with van der Waals surface area (Å²) >= 11 is 0. The number of aryl methyl sites for hydroxylation is 1. The Morgan fingerprint density at radius 1 is 1.02 bits per heavy atom. The second kappa shape index (κ2) is 12.4. The van der Waals surface area contributed by atoms with Gasteiger partial charge in [0.15, 0.2) is 8.32 Å². The quantitative estimate of drug-likeness (QED) is 0.282. The van der Waals surface area contributed by atoms with Crippen molar-refractivity contribution in [2.75, 3.05) is 6.61 Å². The number of rotatable bonds is 8. The normalized spacial score (nSPS) is 23.6. The van der Waals surface area contributed by atoms with E-state index >= 15 is 0 Å². The lowest BCUT2D eigenvalue weighted by Crippen LogP contribution is -2.48. The van der Waals surface area contributed by atoms with Gasteiger partial charge in [0.2, 0.25) is 5.91 Å². The molecule has 4 aromatic rings. The van der Waals surface area contributed by atoms with Gasteiger partial charge in [0.25, 0.3) is 5.56 Å². The van der Waals surface area contributed by atoms with Crippen molar-refractivity contribution in [2.24, 2.45) is 5.92 Å². The number of aliphatic hydroxyl groups excluding tert-OH is 1. The fourth-order valence-electron chi connectivity index (χ4n) is 7.37. The summed E-state index contributed by atoms with van der Waals surface area (Å²) < 4.78 is 8.05. The number of aliphatic hydroxyl groups is 1. The molecule has 2 aliphatic heterocycles. The number of hydrogen-bond acceptors (Lipinski definition) is 6. The first-order valence-electron chi connectivity index (χ1n) is 15.6. The van der Waals surface area contributed by atoms with E-state index in [0.717, 1.165) is 29.4 Å². The summed E-state index contributed by atoms with van der Waals surface area (Å²) in [5.74, 6) is 0.0452. The zero-order valence-corrected chi connectivity index (χ0v) is 26.6. The zero-order chi connectivity index (χ0) is 31.0. The number of carbonyl (C=O) groups is 1. The number of fused-ring (bicyclic) bond motifs is 2. The molecule has 0 aliphatic carbocycles. The number of hydrogen-bond donors (Lipinski definition) is 2. The molecule has 3 heterocycles. The summed E-state index contributed by atoms with van der Waals surface area (Å²) in [6, 6.07) is 23.1. The molecule has 0 unspecified atom stereocenters. The zero-order valence-electron chi connectivity index (χ0n) is 25.6. The van der Waals surface area contributed by atoms with Crippen LogP contribution in [0.1, 0.15) is 36.5 Å². The van der Waals surface area contributed by atoms with Crippen molar-refractivity contribution in [2.45, 2.75) is 76.0 Å². The lowest BCUT2D eigenvalue weighted by atomic mass is 9.93. The van der Waals surface area contributed by atoms with Gasteiger partial charge in [-0.2, -0.15) is 9.78 Å². The summed E-state index contributed by atoms with van der Waals surface area (Å²) in [6.07, 6.45) is 3.49. The van der Waals surface area contributed by atoms with Gasteiger partial charge in [-0.15, -0.1) is 0 Å². The highest BCUT2D eigenvalue weighted by Crippen LogP contribution is 2.46. The Morgan fingerprint density at radius 2 is 1.77 bits per heavy atom. The van der Waals surface area contributed by atoms with E-state index in [-0.39, 0.29) is 54.2 Å². The SMILES string of the molecule is C[C@@H]1[C@@H]([Si](C)(C)O)[C@H](CC(=O)N2Cc3ccccc3C[C@H]2CO)O[C@@H]1CCc1cccc(-n2ncc3ccccc3c2=O)c1. The highest BCUT2D eigenvalue weighted by molar-refractivity contribution is 6.71. The second-order valence-corrected chi connectivity index (χ2v) is 16.9. The minimum atomic E-state index is -2.67. The molecule has 2 N–H and O–H groups in total. The summed E-state index contributed by atoms with van der Waals surface area (Å²) in [6.45, 7) is 6.38. The number of benzene rings is 3. The van der Waals surface area contributed by atoms with Crippen LogP contribution < -0.4 is 5.56 Å². The van der Waals surface area contributed by atoms with Crippen LogP contribution in [0.25, 0.3) is 16.5 Å². The minimum absolute atomic E-state index is 0.0410. The van der Waals surface area contributed by atoms with Crippen LogP contribution in [0.2, 0.25) is 18.6 Å². The van der Waals surface area contributed by atoms with Gasteiger partial charge in [-0.25, -0.2) is 0 Å². The standard InChI is InChI=1S/C35H41N3O5Si/c1-23-31(16-15-24-9-8-13-28(17-24)38-35(41)30-14-7-6-11-26(30)20-36-38)43-32(34(23)44(2,3)42)19-33(40)37-21-27-12-5-4-10-25(27)18-29(37)22-39/h4-14,17,20,23,29,31-32,34,39,42H,15-16,18-19,21-22H2,1-3H3/t23-,29-,31+,32-,34+/m0/s1. The molecular formula is C35H41N3O5Si. The van der Waals surface area contributed by atoms with Crippen LogP contribution in [0.15, 0.2) is 83.8 Å². The molecule has 44 heavy (non-hydrogen) atoms. The fraction of sp³-hybridized carbons (Fsp3) is 0.400. The minimum Gasteiger partial charge on any atom is -0.432 e. The Balaban J connectivity index is 1.16. The highest BCUT2D eigenvalue weighted by Gasteiger charge is 2.50. The molecule has 1 fully saturated rings. The molecular weight excluding hydrogens is 570 g/mol. The average Bonchev–Trinajstić information content (AvgIpc) is 3.34. The van der Waals surface area contributed by atoms with Crippen molar-refractivity contribution in [3.8, 4) is 5.69 Å². The Labute approximate surface area is 259 Å². The van der Waals surface area contributed by atoms with E-state index < -0.39 is 8.32 Å². The van der Waals surface area contributed by atoms with Crippen LogP contribution in [0, 0.1) is 5.92 Å².